The Hall–Kier alpha value is -2.73. The number of aliphatic hydroxyl groups is 1. The molecule has 1 aliphatic carbocycles. The molecule has 1 aromatic carbocycles. The molecular formula is C21H24N2O4. The number of carbonyl (C=O) groups is 2. The molecule has 0 spiro atoms. The summed E-state index contributed by atoms with van der Waals surface area (Å²) < 4.78 is 5.08. The van der Waals surface area contributed by atoms with E-state index in [4.69, 9.17) is 4.74 Å². The fourth-order valence-corrected chi connectivity index (χ4v) is 3.29. The van der Waals surface area contributed by atoms with Gasteiger partial charge in [0.25, 0.3) is 0 Å². The van der Waals surface area contributed by atoms with E-state index in [1.54, 1.807) is 37.6 Å². The van der Waals surface area contributed by atoms with Crippen molar-refractivity contribution in [3.8, 4) is 5.75 Å². The van der Waals surface area contributed by atoms with Crippen LogP contribution in [0.2, 0.25) is 0 Å². The third-order valence-electron chi connectivity index (χ3n) is 4.94. The maximum Gasteiger partial charge on any atom is 0.220 e. The summed E-state index contributed by atoms with van der Waals surface area (Å²) >= 11 is 0. The van der Waals surface area contributed by atoms with Gasteiger partial charge in [-0.25, -0.2) is 0 Å². The molecule has 0 unspecified atom stereocenters. The highest BCUT2D eigenvalue weighted by atomic mass is 16.5. The molecule has 0 saturated heterocycles. The minimum Gasteiger partial charge on any atom is -0.497 e. The Labute approximate surface area is 158 Å². The highest BCUT2D eigenvalue weighted by molar-refractivity contribution is 5.98. The van der Waals surface area contributed by atoms with Gasteiger partial charge in [-0.2, -0.15) is 0 Å². The van der Waals surface area contributed by atoms with Crippen molar-refractivity contribution in [3.05, 3.63) is 59.9 Å². The van der Waals surface area contributed by atoms with E-state index in [0.29, 0.717) is 24.2 Å². The third kappa shape index (κ3) is 4.92. The summed E-state index contributed by atoms with van der Waals surface area (Å²) in [6, 6.07) is 12.2. The van der Waals surface area contributed by atoms with Crippen molar-refractivity contribution in [2.45, 2.75) is 37.8 Å². The van der Waals surface area contributed by atoms with Gasteiger partial charge in [0.2, 0.25) is 5.91 Å². The lowest BCUT2D eigenvalue weighted by Crippen LogP contribution is -2.41. The molecule has 0 aliphatic heterocycles. The van der Waals surface area contributed by atoms with Gasteiger partial charge in [-0.05, 0) is 55.2 Å². The topological polar surface area (TPSA) is 88.5 Å². The number of nitrogens with zero attached hydrogens (tertiary/aromatic N) is 1. The van der Waals surface area contributed by atoms with Gasteiger partial charge < -0.3 is 15.2 Å². The molecule has 1 fully saturated rings. The van der Waals surface area contributed by atoms with E-state index >= 15 is 0 Å². The molecule has 2 N–H and O–H groups in total. The van der Waals surface area contributed by atoms with E-state index in [9.17, 15) is 14.7 Å². The number of Topliss-reactive ketones (excluding diaryl/α,β-unsaturated/α-hetero) is 1. The van der Waals surface area contributed by atoms with Gasteiger partial charge in [0.15, 0.2) is 5.78 Å². The molecule has 1 amide bonds. The fourth-order valence-electron chi connectivity index (χ4n) is 3.29. The zero-order chi connectivity index (χ0) is 19.2. The molecule has 1 aromatic heterocycles. The first kappa shape index (κ1) is 19.0. The van der Waals surface area contributed by atoms with Crippen molar-refractivity contribution < 1.29 is 19.4 Å². The summed E-state index contributed by atoms with van der Waals surface area (Å²) in [6.07, 6.45) is 2.92. The predicted molar refractivity (Wildman–Crippen MR) is 100 cm³/mol. The summed E-state index contributed by atoms with van der Waals surface area (Å²) in [5.41, 5.74) is 1.34. The van der Waals surface area contributed by atoms with Crippen LogP contribution in [0.3, 0.4) is 0 Å². The smallest absolute Gasteiger partial charge is 0.220 e. The lowest BCUT2D eigenvalue weighted by Gasteiger charge is -2.37. The fraction of sp³-hybridized carbons (Fsp3) is 0.381. The van der Waals surface area contributed by atoms with Crippen molar-refractivity contribution in [2.24, 2.45) is 5.92 Å². The molecule has 1 heterocycles. The molecule has 142 valence electrons. The largest absolute Gasteiger partial charge is 0.497 e. The van der Waals surface area contributed by atoms with Crippen molar-refractivity contribution >= 4 is 11.7 Å². The number of ether oxygens (including phenoxy) is 1. The maximum absolute atomic E-state index is 12.4. The molecule has 1 saturated carbocycles. The first-order chi connectivity index (χ1) is 13.1. The van der Waals surface area contributed by atoms with E-state index in [1.165, 1.54) is 0 Å². The Morgan fingerprint density at radius 3 is 2.52 bits per heavy atom. The SMILES string of the molecule is COc1ccc(C(=O)CCC(=O)N[C@@H](c2ccccn2)C2CC(O)C2)cc1. The van der Waals surface area contributed by atoms with Crippen LogP contribution >= 0.6 is 0 Å². The van der Waals surface area contributed by atoms with Crippen molar-refractivity contribution in [1.29, 1.82) is 0 Å². The normalized spacial score (nSPS) is 19.6. The Bertz CT molecular complexity index is 771. The number of pyridine rings is 1. The zero-order valence-electron chi connectivity index (χ0n) is 15.3. The first-order valence-corrected chi connectivity index (χ1v) is 9.12. The predicted octanol–water partition coefficient (Wildman–Crippen LogP) is 2.68. The molecular weight excluding hydrogens is 344 g/mol. The summed E-state index contributed by atoms with van der Waals surface area (Å²) in [5, 5.41) is 12.6. The van der Waals surface area contributed by atoms with E-state index in [1.807, 2.05) is 18.2 Å². The Morgan fingerprint density at radius 1 is 1.19 bits per heavy atom. The molecule has 6 heteroatoms. The van der Waals surface area contributed by atoms with Gasteiger partial charge in [-0.15, -0.1) is 0 Å². The number of methoxy groups -OCH3 is 1. The summed E-state index contributed by atoms with van der Waals surface area (Å²) in [6.45, 7) is 0. The van der Waals surface area contributed by atoms with Crippen molar-refractivity contribution in [2.75, 3.05) is 7.11 Å². The monoisotopic (exact) mass is 368 g/mol. The second kappa shape index (κ2) is 8.77. The molecule has 0 bridgehead atoms. The molecule has 1 aliphatic rings. The molecule has 2 aromatic rings. The van der Waals surface area contributed by atoms with Crippen LogP contribution in [0.4, 0.5) is 0 Å². The minimum atomic E-state index is -0.310. The standard InChI is InChI=1S/C21H24N2O4/c1-27-17-7-5-14(6-8-17)19(25)9-10-20(26)23-21(15-12-16(24)13-15)18-4-2-3-11-22-18/h2-8,11,15-16,21,24H,9-10,12-13H2,1H3,(H,23,26)/t15?,16?,21-/m1/s1. The molecule has 3 rings (SSSR count). The number of benzene rings is 1. The highest BCUT2D eigenvalue weighted by Crippen LogP contribution is 2.37. The van der Waals surface area contributed by atoms with E-state index in [0.717, 1.165) is 5.69 Å². The number of ketones is 1. The number of aliphatic hydroxyl groups excluding tert-OH is 1. The second-order valence-electron chi connectivity index (χ2n) is 6.84. The van der Waals surface area contributed by atoms with Crippen LogP contribution in [0.15, 0.2) is 48.7 Å². The molecule has 27 heavy (non-hydrogen) atoms. The molecule has 0 radical (unpaired) electrons. The number of aromatic nitrogens is 1. The first-order valence-electron chi connectivity index (χ1n) is 9.12. The van der Waals surface area contributed by atoms with Crippen molar-refractivity contribution in [1.82, 2.24) is 10.3 Å². The van der Waals surface area contributed by atoms with Crippen LogP contribution in [0.25, 0.3) is 0 Å². The van der Waals surface area contributed by atoms with Gasteiger partial charge in [-0.1, -0.05) is 6.07 Å². The Morgan fingerprint density at radius 2 is 1.93 bits per heavy atom. The number of hydrogen-bond acceptors (Lipinski definition) is 5. The van der Waals surface area contributed by atoms with E-state index in [-0.39, 0.29) is 42.6 Å². The number of nitrogens with one attached hydrogen (secondary N) is 1. The third-order valence-corrected chi connectivity index (χ3v) is 4.94. The average molecular weight is 368 g/mol. The van der Waals surface area contributed by atoms with Crippen molar-refractivity contribution in [3.63, 3.8) is 0 Å². The van der Waals surface area contributed by atoms with Crippen LogP contribution in [0.1, 0.15) is 47.8 Å². The minimum absolute atomic E-state index is 0.0822. The molecule has 1 atom stereocenters. The Balaban J connectivity index is 1.56. The van der Waals surface area contributed by atoms with E-state index in [2.05, 4.69) is 10.3 Å². The molecule has 6 nitrogen and oxygen atoms in total. The van der Waals surface area contributed by atoms with Gasteiger partial charge in [0.05, 0.1) is 24.9 Å². The lowest BCUT2D eigenvalue weighted by atomic mass is 9.76. The summed E-state index contributed by atoms with van der Waals surface area (Å²) in [4.78, 5) is 29.0. The van der Waals surface area contributed by atoms with Gasteiger partial charge in [-0.3, -0.25) is 14.6 Å². The quantitative estimate of drug-likeness (QED) is 0.700. The van der Waals surface area contributed by atoms with Gasteiger partial charge in [0, 0.05) is 24.6 Å². The Kier molecular flexibility index (Phi) is 6.19. The number of hydrogen-bond donors (Lipinski definition) is 2. The zero-order valence-corrected chi connectivity index (χ0v) is 15.3. The van der Waals surface area contributed by atoms with Crippen LogP contribution in [0, 0.1) is 5.92 Å². The van der Waals surface area contributed by atoms with Gasteiger partial charge in [0.1, 0.15) is 5.75 Å². The number of amides is 1. The summed E-state index contributed by atoms with van der Waals surface area (Å²) in [5.74, 6) is 0.580. The highest BCUT2D eigenvalue weighted by Gasteiger charge is 2.36. The lowest BCUT2D eigenvalue weighted by molar-refractivity contribution is -0.123. The number of rotatable bonds is 8. The average Bonchev–Trinajstić information content (AvgIpc) is 2.69. The van der Waals surface area contributed by atoms with Crippen LogP contribution in [-0.2, 0) is 4.79 Å². The summed E-state index contributed by atoms with van der Waals surface area (Å²) in [7, 11) is 1.57. The van der Waals surface area contributed by atoms with Gasteiger partial charge >= 0.3 is 0 Å². The van der Waals surface area contributed by atoms with Crippen LogP contribution < -0.4 is 10.1 Å². The number of carbonyl (C=O) groups excluding carboxylic acids is 2. The maximum atomic E-state index is 12.4. The van der Waals surface area contributed by atoms with Crippen LogP contribution in [-0.4, -0.2) is 35.0 Å². The second-order valence-corrected chi connectivity index (χ2v) is 6.84. The van der Waals surface area contributed by atoms with Crippen LogP contribution in [0.5, 0.6) is 5.75 Å². The van der Waals surface area contributed by atoms with E-state index < -0.39 is 0 Å².